The van der Waals surface area contributed by atoms with E-state index in [0.717, 1.165) is 5.56 Å². The van der Waals surface area contributed by atoms with Gasteiger partial charge in [-0.3, -0.25) is 4.79 Å². The van der Waals surface area contributed by atoms with Crippen molar-refractivity contribution in [3.8, 4) is 23.0 Å². The fourth-order valence-corrected chi connectivity index (χ4v) is 3.81. The maximum Gasteiger partial charge on any atom is 0.167 e. The summed E-state index contributed by atoms with van der Waals surface area (Å²) >= 11 is 0. The van der Waals surface area contributed by atoms with Gasteiger partial charge in [-0.2, -0.15) is 0 Å². The number of hydrogen-bond donors (Lipinski definition) is 5. The van der Waals surface area contributed by atoms with E-state index in [2.05, 4.69) is 0 Å². The van der Waals surface area contributed by atoms with Gasteiger partial charge in [0.25, 0.3) is 0 Å². The first kappa shape index (κ1) is 16.2. The Labute approximate surface area is 148 Å². The third-order valence-electron chi connectivity index (χ3n) is 4.93. The van der Waals surface area contributed by atoms with Crippen LogP contribution in [0.3, 0.4) is 0 Å². The minimum absolute atomic E-state index is 0.0235. The molecule has 0 saturated carbocycles. The zero-order valence-corrected chi connectivity index (χ0v) is 13.8. The number of aromatic hydroxyl groups is 4. The van der Waals surface area contributed by atoms with E-state index in [9.17, 15) is 30.3 Å². The van der Waals surface area contributed by atoms with E-state index in [0.29, 0.717) is 22.9 Å². The van der Waals surface area contributed by atoms with Crippen molar-refractivity contribution in [3.05, 3.63) is 58.1 Å². The summed E-state index contributed by atoms with van der Waals surface area (Å²) in [6, 6.07) is 7.84. The minimum atomic E-state index is -1.28. The van der Waals surface area contributed by atoms with Gasteiger partial charge in [-0.25, -0.2) is 0 Å². The molecule has 0 radical (unpaired) electrons. The molecule has 1 aliphatic carbocycles. The van der Waals surface area contributed by atoms with Crippen LogP contribution in [0.2, 0.25) is 0 Å². The van der Waals surface area contributed by atoms with Crippen LogP contribution in [0, 0.1) is 0 Å². The topological polar surface area (TPSA) is 118 Å². The first-order valence-corrected chi connectivity index (χ1v) is 8.04. The van der Waals surface area contributed by atoms with E-state index >= 15 is 0 Å². The van der Waals surface area contributed by atoms with Gasteiger partial charge in [0.15, 0.2) is 5.78 Å². The van der Waals surface area contributed by atoms with E-state index in [-0.39, 0.29) is 33.8 Å². The summed E-state index contributed by atoms with van der Waals surface area (Å²) in [5.41, 5.74) is 1.51. The first-order chi connectivity index (χ1) is 12.3. The molecule has 0 amide bonds. The van der Waals surface area contributed by atoms with Crippen LogP contribution in [0.5, 0.6) is 23.0 Å². The van der Waals surface area contributed by atoms with Gasteiger partial charge in [-0.15, -0.1) is 0 Å². The number of phenols is 4. The van der Waals surface area contributed by atoms with Gasteiger partial charge >= 0.3 is 0 Å². The zero-order valence-electron chi connectivity index (χ0n) is 13.8. The standard InChI is InChI=1S/C20H16O6/c1-8(21)14-13(23)7-11-6-10-5-9-3-2-4-12(22)15(9)19(25)16(10)20(26)17(11)18(14)24/h2-4,6-7,19,22-26H,5H2,1H3. The molecule has 6 heteroatoms. The highest BCUT2D eigenvalue weighted by molar-refractivity contribution is 6.08. The van der Waals surface area contributed by atoms with E-state index in [4.69, 9.17) is 0 Å². The van der Waals surface area contributed by atoms with Crippen molar-refractivity contribution in [2.75, 3.05) is 0 Å². The molecule has 1 aliphatic rings. The van der Waals surface area contributed by atoms with Gasteiger partial charge < -0.3 is 25.5 Å². The van der Waals surface area contributed by atoms with Crippen molar-refractivity contribution >= 4 is 16.6 Å². The summed E-state index contributed by atoms with van der Waals surface area (Å²) < 4.78 is 0. The molecule has 1 atom stereocenters. The van der Waals surface area contributed by atoms with E-state index in [1.54, 1.807) is 18.2 Å². The number of rotatable bonds is 1. The Morgan fingerprint density at radius 1 is 0.962 bits per heavy atom. The van der Waals surface area contributed by atoms with Gasteiger partial charge in [0.05, 0.1) is 5.39 Å². The number of aliphatic hydroxyl groups excluding tert-OH is 1. The average molecular weight is 352 g/mol. The Hall–Kier alpha value is -3.25. The Balaban J connectivity index is 2.07. The van der Waals surface area contributed by atoms with Crippen LogP contribution >= 0.6 is 0 Å². The van der Waals surface area contributed by atoms with Gasteiger partial charge in [0, 0.05) is 11.1 Å². The molecule has 0 aliphatic heterocycles. The number of benzene rings is 3. The van der Waals surface area contributed by atoms with E-state index in [1.165, 1.54) is 19.1 Å². The number of Topliss-reactive ketones (excluding diaryl/α,β-unsaturated/α-hetero) is 1. The lowest BCUT2D eigenvalue weighted by Crippen LogP contribution is -2.14. The molecule has 26 heavy (non-hydrogen) atoms. The molecule has 0 saturated heterocycles. The number of ketones is 1. The Morgan fingerprint density at radius 2 is 1.69 bits per heavy atom. The summed E-state index contributed by atoms with van der Waals surface area (Å²) in [5, 5.41) is 52.4. The molecule has 5 N–H and O–H groups in total. The van der Waals surface area contributed by atoms with Crippen molar-refractivity contribution in [2.24, 2.45) is 0 Å². The number of carbonyl (C=O) groups is 1. The predicted octanol–water partition coefficient (Wildman–Crippen LogP) is 2.85. The van der Waals surface area contributed by atoms with Crippen molar-refractivity contribution in [2.45, 2.75) is 19.4 Å². The van der Waals surface area contributed by atoms with E-state index in [1.807, 2.05) is 0 Å². The number of hydrogen-bond acceptors (Lipinski definition) is 6. The number of phenolic OH excluding ortho intramolecular Hbond substituents is 4. The molecule has 3 aromatic carbocycles. The quantitative estimate of drug-likeness (QED) is 0.430. The molecule has 0 fully saturated rings. The number of aliphatic hydroxyl groups is 1. The number of carbonyl (C=O) groups excluding carboxylic acids is 1. The molecule has 3 aromatic rings. The Morgan fingerprint density at radius 3 is 2.38 bits per heavy atom. The van der Waals surface area contributed by atoms with Crippen LogP contribution in [0.1, 0.15) is 45.6 Å². The first-order valence-electron chi connectivity index (χ1n) is 8.04. The Bertz CT molecular complexity index is 1100. The Kier molecular flexibility index (Phi) is 3.35. The second-order valence-corrected chi connectivity index (χ2v) is 6.50. The fraction of sp³-hybridized carbons (Fsp3) is 0.150. The lowest BCUT2D eigenvalue weighted by Gasteiger charge is -2.27. The molecule has 0 spiro atoms. The summed E-state index contributed by atoms with van der Waals surface area (Å²) in [7, 11) is 0. The molecule has 1 unspecified atom stereocenters. The average Bonchev–Trinajstić information content (AvgIpc) is 2.53. The normalized spacial score (nSPS) is 15.5. The molecular weight excluding hydrogens is 336 g/mol. The summed E-state index contributed by atoms with van der Waals surface area (Å²) in [6.45, 7) is 1.19. The van der Waals surface area contributed by atoms with Gasteiger partial charge in [0.1, 0.15) is 34.7 Å². The summed E-state index contributed by atoms with van der Waals surface area (Å²) in [5.74, 6) is -1.93. The smallest absolute Gasteiger partial charge is 0.167 e. The lowest BCUT2D eigenvalue weighted by molar-refractivity contribution is 0.101. The molecule has 132 valence electrons. The van der Waals surface area contributed by atoms with Gasteiger partial charge in [0.2, 0.25) is 0 Å². The van der Waals surface area contributed by atoms with Crippen LogP contribution in [-0.2, 0) is 6.42 Å². The predicted molar refractivity (Wildman–Crippen MR) is 93.9 cm³/mol. The summed E-state index contributed by atoms with van der Waals surface area (Å²) in [6.07, 6.45) is -0.927. The third-order valence-corrected chi connectivity index (χ3v) is 4.93. The van der Waals surface area contributed by atoms with Crippen molar-refractivity contribution in [3.63, 3.8) is 0 Å². The highest BCUT2D eigenvalue weighted by Gasteiger charge is 2.31. The fourth-order valence-electron chi connectivity index (χ4n) is 3.81. The molecule has 6 nitrogen and oxygen atoms in total. The minimum Gasteiger partial charge on any atom is -0.508 e. The molecular formula is C20H16O6. The third kappa shape index (κ3) is 2.06. The second-order valence-electron chi connectivity index (χ2n) is 6.50. The van der Waals surface area contributed by atoms with Crippen LogP contribution in [0.4, 0.5) is 0 Å². The largest absolute Gasteiger partial charge is 0.508 e. The molecule has 0 aromatic heterocycles. The van der Waals surface area contributed by atoms with Crippen molar-refractivity contribution < 1.29 is 30.3 Å². The van der Waals surface area contributed by atoms with Gasteiger partial charge in [-0.1, -0.05) is 12.1 Å². The summed E-state index contributed by atoms with van der Waals surface area (Å²) in [4.78, 5) is 11.7. The SMILES string of the molecule is CC(=O)c1c(O)cc2cc3c(c(O)c2c1O)C(O)c1c(O)cccc1C3. The highest BCUT2D eigenvalue weighted by Crippen LogP contribution is 2.49. The number of fused-ring (bicyclic) bond motifs is 3. The monoisotopic (exact) mass is 352 g/mol. The van der Waals surface area contributed by atoms with Crippen LogP contribution in [0.15, 0.2) is 30.3 Å². The maximum atomic E-state index is 11.7. The molecule has 0 heterocycles. The molecule has 4 rings (SSSR count). The maximum absolute atomic E-state index is 11.7. The lowest BCUT2D eigenvalue weighted by atomic mass is 9.81. The van der Waals surface area contributed by atoms with Crippen molar-refractivity contribution in [1.29, 1.82) is 0 Å². The second kappa shape index (κ2) is 5.37. The highest BCUT2D eigenvalue weighted by atomic mass is 16.3. The van der Waals surface area contributed by atoms with E-state index < -0.39 is 17.6 Å². The van der Waals surface area contributed by atoms with Crippen LogP contribution < -0.4 is 0 Å². The van der Waals surface area contributed by atoms with Crippen molar-refractivity contribution in [1.82, 2.24) is 0 Å². The van der Waals surface area contributed by atoms with Crippen LogP contribution in [-0.4, -0.2) is 31.3 Å². The molecule has 0 bridgehead atoms. The van der Waals surface area contributed by atoms with Gasteiger partial charge in [-0.05, 0) is 48.1 Å². The van der Waals surface area contributed by atoms with Crippen LogP contribution in [0.25, 0.3) is 10.8 Å². The zero-order chi connectivity index (χ0) is 18.7.